The van der Waals surface area contributed by atoms with E-state index in [0.29, 0.717) is 13.0 Å². The minimum atomic E-state index is -0.983. The number of carbonyl (C=O) groups excluding carboxylic acids is 1. The van der Waals surface area contributed by atoms with Gasteiger partial charge in [0.05, 0.1) is 15.2 Å². The molecular weight excluding hydrogens is 380 g/mol. The summed E-state index contributed by atoms with van der Waals surface area (Å²) in [6.45, 7) is 4.14. The van der Waals surface area contributed by atoms with Crippen molar-refractivity contribution in [3.05, 3.63) is 27.7 Å². The number of thiazole rings is 1. The Morgan fingerprint density at radius 2 is 2.13 bits per heavy atom. The van der Waals surface area contributed by atoms with Crippen LogP contribution in [0.4, 0.5) is 0 Å². The van der Waals surface area contributed by atoms with Gasteiger partial charge in [0.1, 0.15) is 6.54 Å². The molecule has 0 bridgehead atoms. The average Bonchev–Trinajstić information content (AvgIpc) is 2.85. The number of carboxylic acids is 1. The van der Waals surface area contributed by atoms with Gasteiger partial charge in [-0.2, -0.15) is 0 Å². The zero-order valence-corrected chi connectivity index (χ0v) is 15.5. The van der Waals surface area contributed by atoms with Gasteiger partial charge in [0.25, 0.3) is 0 Å². The number of rotatable bonds is 7. The van der Waals surface area contributed by atoms with Crippen molar-refractivity contribution in [2.45, 2.75) is 26.7 Å². The van der Waals surface area contributed by atoms with Gasteiger partial charge in [-0.25, -0.2) is 4.98 Å². The SMILES string of the molecule is CC(C)CN(CC(=O)O)C(=O)CCc1nc2cc(Br)ccc2s1. The van der Waals surface area contributed by atoms with E-state index < -0.39 is 5.97 Å². The number of carboxylic acid groups (broad SMARTS) is 1. The molecule has 1 amide bonds. The van der Waals surface area contributed by atoms with Crippen molar-refractivity contribution in [1.29, 1.82) is 0 Å². The molecule has 5 nitrogen and oxygen atoms in total. The van der Waals surface area contributed by atoms with Crippen LogP contribution in [0.15, 0.2) is 22.7 Å². The normalized spacial score (nSPS) is 11.1. The van der Waals surface area contributed by atoms with Crippen LogP contribution in [0.3, 0.4) is 0 Å². The predicted molar refractivity (Wildman–Crippen MR) is 94.7 cm³/mol. The van der Waals surface area contributed by atoms with Crippen LogP contribution in [0.2, 0.25) is 0 Å². The van der Waals surface area contributed by atoms with Crippen LogP contribution in [0, 0.1) is 5.92 Å². The summed E-state index contributed by atoms with van der Waals surface area (Å²) in [5, 5.41) is 9.84. The van der Waals surface area contributed by atoms with E-state index in [1.165, 1.54) is 4.90 Å². The van der Waals surface area contributed by atoms with Crippen LogP contribution in [0.1, 0.15) is 25.3 Å². The third-order valence-electron chi connectivity index (χ3n) is 3.21. The van der Waals surface area contributed by atoms with Gasteiger partial charge in [-0.15, -0.1) is 11.3 Å². The Kier molecular flexibility index (Phi) is 6.12. The lowest BCUT2D eigenvalue weighted by Crippen LogP contribution is -2.38. The fourth-order valence-electron chi connectivity index (χ4n) is 2.29. The van der Waals surface area contributed by atoms with Crippen LogP contribution in [0.25, 0.3) is 10.2 Å². The summed E-state index contributed by atoms with van der Waals surface area (Å²) >= 11 is 4.99. The zero-order valence-electron chi connectivity index (χ0n) is 13.1. The van der Waals surface area contributed by atoms with Gasteiger partial charge < -0.3 is 10.0 Å². The molecule has 7 heteroatoms. The number of benzene rings is 1. The summed E-state index contributed by atoms with van der Waals surface area (Å²) in [5.74, 6) is -0.886. The Morgan fingerprint density at radius 3 is 2.78 bits per heavy atom. The Bertz CT molecular complexity index is 714. The molecule has 0 atom stereocenters. The molecule has 1 aromatic carbocycles. The minimum Gasteiger partial charge on any atom is -0.480 e. The van der Waals surface area contributed by atoms with Crippen molar-refractivity contribution in [2.75, 3.05) is 13.1 Å². The topological polar surface area (TPSA) is 70.5 Å². The number of amides is 1. The van der Waals surface area contributed by atoms with Gasteiger partial charge >= 0.3 is 5.97 Å². The molecule has 124 valence electrons. The van der Waals surface area contributed by atoms with Gasteiger partial charge in [0, 0.05) is 23.9 Å². The van der Waals surface area contributed by atoms with E-state index in [9.17, 15) is 9.59 Å². The third-order valence-corrected chi connectivity index (χ3v) is 4.80. The lowest BCUT2D eigenvalue weighted by atomic mass is 10.2. The van der Waals surface area contributed by atoms with Crippen LogP contribution in [0.5, 0.6) is 0 Å². The molecule has 0 aliphatic carbocycles. The molecule has 0 unspecified atom stereocenters. The van der Waals surface area contributed by atoms with Crippen molar-refractivity contribution in [3.63, 3.8) is 0 Å². The molecule has 0 spiro atoms. The first-order chi connectivity index (χ1) is 10.8. The molecular formula is C16H19BrN2O3S. The molecule has 0 aliphatic heterocycles. The Labute approximate surface area is 147 Å². The second-order valence-corrected chi connectivity index (χ2v) is 7.81. The number of halogens is 1. The molecule has 0 fully saturated rings. The average molecular weight is 399 g/mol. The standard InChI is InChI=1S/C16H19BrN2O3S/c1-10(2)8-19(9-16(21)22)15(20)6-5-14-18-12-7-11(17)3-4-13(12)23-14/h3-4,7,10H,5-6,8-9H2,1-2H3,(H,21,22). The molecule has 0 saturated carbocycles. The number of aromatic nitrogens is 1. The second-order valence-electron chi connectivity index (χ2n) is 5.78. The van der Waals surface area contributed by atoms with Crippen molar-refractivity contribution in [1.82, 2.24) is 9.88 Å². The number of nitrogens with zero attached hydrogens (tertiary/aromatic N) is 2. The number of carbonyl (C=O) groups is 2. The molecule has 0 radical (unpaired) electrons. The molecule has 23 heavy (non-hydrogen) atoms. The number of fused-ring (bicyclic) bond motifs is 1. The number of hydrogen-bond acceptors (Lipinski definition) is 4. The summed E-state index contributed by atoms with van der Waals surface area (Å²) in [4.78, 5) is 29.1. The van der Waals surface area contributed by atoms with Gasteiger partial charge in [0.15, 0.2) is 0 Å². The van der Waals surface area contributed by atoms with E-state index in [1.807, 2.05) is 32.0 Å². The van der Waals surface area contributed by atoms with Gasteiger partial charge in [0.2, 0.25) is 5.91 Å². The lowest BCUT2D eigenvalue weighted by Gasteiger charge is -2.22. The number of aliphatic carboxylic acids is 1. The van der Waals surface area contributed by atoms with Crippen molar-refractivity contribution >= 4 is 49.4 Å². The monoisotopic (exact) mass is 398 g/mol. The van der Waals surface area contributed by atoms with E-state index >= 15 is 0 Å². The Hall–Kier alpha value is -1.47. The highest BCUT2D eigenvalue weighted by Gasteiger charge is 2.18. The fourth-order valence-corrected chi connectivity index (χ4v) is 3.58. The molecule has 1 N–H and O–H groups in total. The van der Waals surface area contributed by atoms with Gasteiger partial charge in [-0.05, 0) is 24.1 Å². The van der Waals surface area contributed by atoms with Crippen LogP contribution in [-0.4, -0.2) is 40.0 Å². The maximum atomic E-state index is 12.3. The first-order valence-electron chi connectivity index (χ1n) is 7.39. The highest BCUT2D eigenvalue weighted by atomic mass is 79.9. The minimum absolute atomic E-state index is 0.137. The molecule has 1 heterocycles. The van der Waals surface area contributed by atoms with E-state index in [1.54, 1.807) is 11.3 Å². The van der Waals surface area contributed by atoms with Crippen LogP contribution < -0.4 is 0 Å². The molecule has 2 rings (SSSR count). The second kappa shape index (κ2) is 7.88. The van der Waals surface area contributed by atoms with E-state index in [-0.39, 0.29) is 24.8 Å². The Balaban J connectivity index is 2.01. The quantitative estimate of drug-likeness (QED) is 0.773. The fraction of sp³-hybridized carbons (Fsp3) is 0.438. The largest absolute Gasteiger partial charge is 0.480 e. The molecule has 0 saturated heterocycles. The molecule has 1 aromatic heterocycles. The van der Waals surface area contributed by atoms with Crippen molar-refractivity contribution in [2.24, 2.45) is 5.92 Å². The maximum absolute atomic E-state index is 12.3. The zero-order chi connectivity index (χ0) is 17.0. The summed E-state index contributed by atoms with van der Waals surface area (Å²) in [6.07, 6.45) is 0.811. The summed E-state index contributed by atoms with van der Waals surface area (Å²) in [5.41, 5.74) is 0.913. The van der Waals surface area contributed by atoms with Gasteiger partial charge in [-0.1, -0.05) is 29.8 Å². The highest BCUT2D eigenvalue weighted by molar-refractivity contribution is 9.10. The summed E-state index contributed by atoms with van der Waals surface area (Å²) < 4.78 is 2.06. The molecule has 0 aliphatic rings. The predicted octanol–water partition coefficient (Wildman–Crippen LogP) is 3.56. The van der Waals surface area contributed by atoms with Crippen LogP contribution in [-0.2, 0) is 16.0 Å². The lowest BCUT2D eigenvalue weighted by molar-refractivity contribution is -0.144. The first kappa shape index (κ1) is 17.9. The van der Waals surface area contributed by atoms with E-state index in [2.05, 4.69) is 20.9 Å². The highest BCUT2D eigenvalue weighted by Crippen LogP contribution is 2.26. The van der Waals surface area contributed by atoms with Gasteiger partial charge in [-0.3, -0.25) is 9.59 Å². The Morgan fingerprint density at radius 1 is 1.39 bits per heavy atom. The summed E-state index contributed by atoms with van der Waals surface area (Å²) in [7, 11) is 0. The maximum Gasteiger partial charge on any atom is 0.323 e. The number of hydrogen-bond donors (Lipinski definition) is 1. The number of aryl methyl sites for hydroxylation is 1. The van der Waals surface area contributed by atoms with E-state index in [0.717, 1.165) is 19.7 Å². The van der Waals surface area contributed by atoms with Crippen molar-refractivity contribution in [3.8, 4) is 0 Å². The summed E-state index contributed by atoms with van der Waals surface area (Å²) in [6, 6.07) is 5.91. The van der Waals surface area contributed by atoms with Crippen LogP contribution >= 0.6 is 27.3 Å². The third kappa shape index (κ3) is 5.28. The first-order valence-corrected chi connectivity index (χ1v) is 9.00. The van der Waals surface area contributed by atoms with E-state index in [4.69, 9.17) is 5.11 Å². The molecule has 2 aromatic rings. The van der Waals surface area contributed by atoms with Crippen molar-refractivity contribution < 1.29 is 14.7 Å². The smallest absolute Gasteiger partial charge is 0.323 e.